The zero-order valence-electron chi connectivity index (χ0n) is 7.46. The van der Waals surface area contributed by atoms with Crippen molar-refractivity contribution in [3.63, 3.8) is 0 Å². The second-order valence-electron chi connectivity index (χ2n) is 2.29. The van der Waals surface area contributed by atoms with Gasteiger partial charge in [-0.1, -0.05) is 12.7 Å². The fraction of sp³-hybridized carbons (Fsp3) is 0.125. The summed E-state index contributed by atoms with van der Waals surface area (Å²) in [5, 5.41) is 3.78. The smallest absolute Gasteiger partial charge is 0.437 e. The Morgan fingerprint density at radius 3 is 3.14 bits per heavy atom. The highest BCUT2D eigenvalue weighted by Crippen LogP contribution is 1.87. The van der Waals surface area contributed by atoms with Crippen LogP contribution < -0.4 is 5.73 Å². The molecule has 2 N–H and O–H groups in total. The van der Waals surface area contributed by atoms with E-state index in [0.29, 0.717) is 0 Å². The molecule has 1 aromatic rings. The van der Waals surface area contributed by atoms with Crippen molar-refractivity contribution in [3.05, 3.63) is 31.1 Å². The highest BCUT2D eigenvalue weighted by Gasteiger charge is 2.01. The van der Waals surface area contributed by atoms with Crippen LogP contribution in [0.5, 0.6) is 0 Å². The van der Waals surface area contributed by atoms with E-state index in [9.17, 15) is 4.79 Å². The van der Waals surface area contributed by atoms with Gasteiger partial charge in [0.25, 0.3) is 0 Å². The maximum Gasteiger partial charge on any atom is 0.437 e. The molecule has 1 rings (SSSR count). The fourth-order valence-corrected chi connectivity index (χ4v) is 0.712. The highest BCUT2D eigenvalue weighted by atomic mass is 16.5. The van der Waals surface area contributed by atoms with Gasteiger partial charge in [0, 0.05) is 12.4 Å². The van der Waals surface area contributed by atoms with Gasteiger partial charge in [-0.05, 0) is 6.07 Å². The monoisotopic (exact) mass is 194 g/mol. The number of nitrogens with two attached hydrogens (primary N) is 1. The van der Waals surface area contributed by atoms with Crippen LogP contribution in [0.3, 0.4) is 0 Å². The van der Waals surface area contributed by atoms with Gasteiger partial charge in [0.05, 0.1) is 0 Å². The van der Waals surface area contributed by atoms with Crippen LogP contribution in [0.4, 0.5) is 4.79 Å². The van der Waals surface area contributed by atoms with Crippen LogP contribution in [0.15, 0.2) is 36.1 Å². The first-order chi connectivity index (χ1) is 6.74. The lowest BCUT2D eigenvalue weighted by molar-refractivity contribution is 0.169. The van der Waals surface area contributed by atoms with Crippen molar-refractivity contribution in [2.75, 3.05) is 6.61 Å². The average molecular weight is 194 g/mol. The lowest BCUT2D eigenvalue weighted by Gasteiger charge is -1.99. The number of hydrogen-bond acceptors (Lipinski definition) is 3. The van der Waals surface area contributed by atoms with Crippen LogP contribution in [0.25, 0.3) is 0 Å². The largest absolute Gasteiger partial charge is 0.444 e. The van der Waals surface area contributed by atoms with Crippen molar-refractivity contribution in [1.29, 1.82) is 0 Å². The first-order valence-electron chi connectivity index (χ1n) is 3.86. The zero-order chi connectivity index (χ0) is 10.4. The SMILES string of the molecule is C=CCOC(=O)/N=C(\N)n1cccn1. The average Bonchev–Trinajstić information content (AvgIpc) is 2.67. The summed E-state index contributed by atoms with van der Waals surface area (Å²) in [6, 6.07) is 1.66. The van der Waals surface area contributed by atoms with Gasteiger partial charge in [-0.15, -0.1) is 4.99 Å². The normalized spacial score (nSPS) is 11.0. The Balaban J connectivity index is 2.59. The molecule has 0 atom stereocenters. The molecule has 1 heterocycles. The third-order valence-corrected chi connectivity index (χ3v) is 1.27. The molecule has 74 valence electrons. The number of amides is 1. The predicted molar refractivity (Wildman–Crippen MR) is 50.8 cm³/mol. The molecule has 0 saturated carbocycles. The summed E-state index contributed by atoms with van der Waals surface area (Å²) in [6.07, 6.45) is 3.77. The molecule has 0 unspecified atom stereocenters. The Morgan fingerprint density at radius 1 is 1.79 bits per heavy atom. The third-order valence-electron chi connectivity index (χ3n) is 1.27. The molecular formula is C8H10N4O2. The van der Waals surface area contributed by atoms with Gasteiger partial charge in [-0.3, -0.25) is 0 Å². The number of hydrogen-bond donors (Lipinski definition) is 1. The Labute approximate surface area is 80.7 Å². The summed E-state index contributed by atoms with van der Waals surface area (Å²) in [6.45, 7) is 3.49. The molecule has 1 aromatic heterocycles. The summed E-state index contributed by atoms with van der Waals surface area (Å²) in [5.41, 5.74) is 5.44. The van der Waals surface area contributed by atoms with Gasteiger partial charge in [-0.25, -0.2) is 9.48 Å². The number of aromatic nitrogens is 2. The van der Waals surface area contributed by atoms with E-state index >= 15 is 0 Å². The molecular weight excluding hydrogens is 184 g/mol. The van der Waals surface area contributed by atoms with E-state index in [1.807, 2.05) is 0 Å². The molecule has 6 nitrogen and oxygen atoms in total. The van der Waals surface area contributed by atoms with E-state index < -0.39 is 6.09 Å². The quantitative estimate of drug-likeness (QED) is 0.419. The lowest BCUT2D eigenvalue weighted by Crippen LogP contribution is -2.24. The number of nitrogens with zero attached hydrogens (tertiary/aromatic N) is 3. The molecule has 0 spiro atoms. The molecule has 0 aliphatic rings. The molecule has 0 aliphatic carbocycles. The lowest BCUT2D eigenvalue weighted by atomic mass is 10.7. The number of aliphatic imine (C=N–C) groups is 1. The molecule has 0 fully saturated rings. The van der Waals surface area contributed by atoms with Crippen molar-refractivity contribution < 1.29 is 9.53 Å². The van der Waals surface area contributed by atoms with Crippen molar-refractivity contribution in [3.8, 4) is 0 Å². The number of carbonyl (C=O) groups excluding carboxylic acids is 1. The molecule has 0 bridgehead atoms. The van der Waals surface area contributed by atoms with E-state index in [1.165, 1.54) is 17.0 Å². The van der Waals surface area contributed by atoms with Crippen molar-refractivity contribution >= 4 is 12.1 Å². The van der Waals surface area contributed by atoms with Crippen LogP contribution in [-0.4, -0.2) is 28.4 Å². The van der Waals surface area contributed by atoms with Gasteiger partial charge >= 0.3 is 6.09 Å². The highest BCUT2D eigenvalue weighted by molar-refractivity contribution is 5.89. The predicted octanol–water partition coefficient (Wildman–Crippen LogP) is 0.368. The summed E-state index contributed by atoms with van der Waals surface area (Å²) < 4.78 is 5.85. The molecule has 14 heavy (non-hydrogen) atoms. The first-order valence-corrected chi connectivity index (χ1v) is 3.86. The van der Waals surface area contributed by atoms with Crippen LogP contribution in [0.1, 0.15) is 0 Å². The maximum atomic E-state index is 10.9. The van der Waals surface area contributed by atoms with Crippen molar-refractivity contribution in [2.24, 2.45) is 10.7 Å². The van der Waals surface area contributed by atoms with Crippen LogP contribution >= 0.6 is 0 Å². The molecule has 1 amide bonds. The van der Waals surface area contributed by atoms with Gasteiger partial charge in [0.15, 0.2) is 0 Å². The number of carbonyl (C=O) groups is 1. The van der Waals surface area contributed by atoms with E-state index in [4.69, 9.17) is 5.73 Å². The maximum absolute atomic E-state index is 10.9. The summed E-state index contributed by atoms with van der Waals surface area (Å²) >= 11 is 0. The van der Waals surface area contributed by atoms with Crippen molar-refractivity contribution in [2.45, 2.75) is 0 Å². The minimum absolute atomic E-state index is 0.0379. The standard InChI is InChI=1S/C8H10N4O2/c1-2-6-14-8(13)11-7(9)12-5-3-4-10-12/h2-5H,1,6H2,(H2,9,11,13). The number of ether oxygens (including phenoxy) is 1. The van der Waals surface area contributed by atoms with E-state index in [0.717, 1.165) is 0 Å². The summed E-state index contributed by atoms with van der Waals surface area (Å²) in [7, 11) is 0. The minimum atomic E-state index is -0.766. The van der Waals surface area contributed by atoms with Gasteiger partial charge < -0.3 is 10.5 Å². The molecule has 0 aliphatic heterocycles. The molecule has 6 heteroatoms. The van der Waals surface area contributed by atoms with E-state index in [2.05, 4.69) is 21.4 Å². The Morgan fingerprint density at radius 2 is 2.57 bits per heavy atom. The van der Waals surface area contributed by atoms with Gasteiger partial charge in [-0.2, -0.15) is 5.10 Å². The topological polar surface area (TPSA) is 82.5 Å². The third kappa shape index (κ3) is 2.74. The van der Waals surface area contributed by atoms with Crippen molar-refractivity contribution in [1.82, 2.24) is 9.78 Å². The zero-order valence-corrected chi connectivity index (χ0v) is 7.46. The minimum Gasteiger partial charge on any atom is -0.444 e. The first kappa shape index (κ1) is 9.97. The van der Waals surface area contributed by atoms with E-state index in [1.54, 1.807) is 12.3 Å². The summed E-state index contributed by atoms with van der Waals surface area (Å²) in [4.78, 5) is 14.4. The summed E-state index contributed by atoms with van der Waals surface area (Å²) in [5.74, 6) is -0.0379. The number of rotatable bonds is 2. The van der Waals surface area contributed by atoms with Crippen LogP contribution in [0.2, 0.25) is 0 Å². The second-order valence-corrected chi connectivity index (χ2v) is 2.29. The van der Waals surface area contributed by atoms with Crippen LogP contribution in [-0.2, 0) is 4.74 Å². The second kappa shape index (κ2) is 4.80. The van der Waals surface area contributed by atoms with Crippen LogP contribution in [0, 0.1) is 0 Å². The Hall–Kier alpha value is -2.11. The fourth-order valence-electron chi connectivity index (χ4n) is 0.712. The Bertz CT molecular complexity index is 342. The van der Waals surface area contributed by atoms with Gasteiger partial charge in [0.1, 0.15) is 6.61 Å². The molecule has 0 saturated heterocycles. The molecule has 0 radical (unpaired) electrons. The van der Waals surface area contributed by atoms with E-state index in [-0.39, 0.29) is 12.6 Å². The van der Waals surface area contributed by atoms with Gasteiger partial charge in [0.2, 0.25) is 5.96 Å². The molecule has 0 aromatic carbocycles. The Kier molecular flexibility index (Phi) is 3.42.